The molecule has 0 saturated carbocycles. The molecule has 1 aliphatic rings. The Hall–Kier alpha value is -2.82. The highest BCUT2D eigenvalue weighted by Gasteiger charge is 2.40. The number of unbranched alkanes of at least 4 members (excludes halogenated alkanes) is 1. The number of hydrogen-bond acceptors (Lipinski definition) is 3. The van der Waals surface area contributed by atoms with Crippen LogP contribution in [0.5, 0.6) is 5.75 Å². The molecule has 0 bridgehead atoms. The summed E-state index contributed by atoms with van der Waals surface area (Å²) in [5, 5.41) is 9.59. The molecule has 0 radical (unpaired) electrons. The van der Waals surface area contributed by atoms with Crippen molar-refractivity contribution in [3.63, 3.8) is 0 Å². The highest BCUT2D eigenvalue weighted by atomic mass is 16.5. The summed E-state index contributed by atoms with van der Waals surface area (Å²) in [4.78, 5) is 26.0. The fourth-order valence-corrected chi connectivity index (χ4v) is 3.88. The molecule has 154 valence electrons. The van der Waals surface area contributed by atoms with Gasteiger partial charge in [-0.25, -0.2) is 0 Å². The summed E-state index contributed by atoms with van der Waals surface area (Å²) in [5.74, 6) is -0.609. The van der Waals surface area contributed by atoms with Crippen LogP contribution in [-0.2, 0) is 9.59 Å². The summed E-state index contributed by atoms with van der Waals surface area (Å²) in [6.07, 6.45) is 1.94. The van der Waals surface area contributed by atoms with Crippen LogP contribution in [0.2, 0.25) is 0 Å². The molecule has 1 aliphatic heterocycles. The van der Waals surface area contributed by atoms with Gasteiger partial charge in [0.15, 0.2) is 0 Å². The van der Waals surface area contributed by atoms with E-state index in [1.807, 2.05) is 56.3 Å². The second-order valence-electron chi connectivity index (χ2n) is 7.84. The highest BCUT2D eigenvalue weighted by molar-refractivity contribution is 5.79. The Morgan fingerprint density at radius 2 is 1.83 bits per heavy atom. The lowest BCUT2D eigenvalue weighted by molar-refractivity contribution is -0.141. The van der Waals surface area contributed by atoms with Crippen molar-refractivity contribution in [3.05, 3.63) is 65.2 Å². The molecule has 1 saturated heterocycles. The Bertz CT molecular complexity index is 849. The van der Waals surface area contributed by atoms with Gasteiger partial charge in [0.2, 0.25) is 5.91 Å². The molecular formula is C24H29NO4. The zero-order chi connectivity index (χ0) is 20.8. The topological polar surface area (TPSA) is 66.8 Å². The molecule has 1 fully saturated rings. The Balaban J connectivity index is 1.47. The first kappa shape index (κ1) is 20.9. The molecule has 1 amide bonds. The predicted molar refractivity (Wildman–Crippen MR) is 112 cm³/mol. The minimum Gasteiger partial charge on any atom is -0.493 e. The third kappa shape index (κ3) is 5.37. The number of carbonyl (C=O) groups excluding carboxylic acids is 1. The molecule has 5 nitrogen and oxygen atoms in total. The van der Waals surface area contributed by atoms with Crippen molar-refractivity contribution >= 4 is 11.9 Å². The molecule has 1 N–H and O–H groups in total. The van der Waals surface area contributed by atoms with Gasteiger partial charge in [0, 0.05) is 25.4 Å². The maximum absolute atomic E-state index is 12.6. The summed E-state index contributed by atoms with van der Waals surface area (Å²) in [7, 11) is 0. The van der Waals surface area contributed by atoms with Gasteiger partial charge in [-0.05, 0) is 49.4 Å². The second-order valence-corrected chi connectivity index (χ2v) is 7.84. The summed E-state index contributed by atoms with van der Waals surface area (Å²) in [6.45, 7) is 5.38. The lowest BCUT2D eigenvalue weighted by Gasteiger charge is -2.16. The number of carbonyl (C=O) groups is 2. The van der Waals surface area contributed by atoms with E-state index in [0.717, 1.165) is 35.3 Å². The Morgan fingerprint density at radius 3 is 2.55 bits per heavy atom. The third-order valence-corrected chi connectivity index (χ3v) is 5.60. The van der Waals surface area contributed by atoms with E-state index in [2.05, 4.69) is 6.07 Å². The molecular weight excluding hydrogens is 366 g/mol. The first-order chi connectivity index (χ1) is 14.0. The number of hydrogen-bond donors (Lipinski definition) is 1. The zero-order valence-corrected chi connectivity index (χ0v) is 17.1. The number of rotatable bonds is 8. The van der Waals surface area contributed by atoms with Crippen LogP contribution in [0.3, 0.4) is 0 Å². The number of benzene rings is 2. The van der Waals surface area contributed by atoms with Gasteiger partial charge >= 0.3 is 5.97 Å². The number of ether oxygens (including phenoxy) is 1. The smallest absolute Gasteiger partial charge is 0.308 e. The van der Waals surface area contributed by atoms with Gasteiger partial charge < -0.3 is 14.7 Å². The van der Waals surface area contributed by atoms with Crippen LogP contribution in [0.15, 0.2) is 48.5 Å². The predicted octanol–water partition coefficient (Wildman–Crippen LogP) is 4.18. The van der Waals surface area contributed by atoms with Gasteiger partial charge in [-0.2, -0.15) is 0 Å². The number of amides is 1. The molecule has 3 rings (SSSR count). The molecule has 5 heteroatoms. The first-order valence-electron chi connectivity index (χ1n) is 10.2. The molecule has 0 spiro atoms. The molecule has 2 aromatic carbocycles. The van der Waals surface area contributed by atoms with Crippen LogP contribution in [-0.4, -0.2) is 41.6 Å². The van der Waals surface area contributed by atoms with E-state index in [0.29, 0.717) is 19.6 Å². The number of nitrogens with zero attached hydrogens (tertiary/aromatic N) is 1. The van der Waals surface area contributed by atoms with Crippen molar-refractivity contribution in [3.8, 4) is 5.75 Å². The van der Waals surface area contributed by atoms with E-state index < -0.39 is 11.9 Å². The van der Waals surface area contributed by atoms with E-state index in [9.17, 15) is 14.7 Å². The van der Waals surface area contributed by atoms with Crippen LogP contribution in [0.4, 0.5) is 0 Å². The number of likely N-dealkylation sites (tertiary alicyclic amines) is 1. The van der Waals surface area contributed by atoms with Gasteiger partial charge in [0.1, 0.15) is 5.75 Å². The van der Waals surface area contributed by atoms with Crippen molar-refractivity contribution in [1.82, 2.24) is 4.90 Å². The van der Waals surface area contributed by atoms with Crippen molar-refractivity contribution in [2.75, 3.05) is 19.7 Å². The summed E-state index contributed by atoms with van der Waals surface area (Å²) in [5.41, 5.74) is 3.25. The minimum atomic E-state index is -0.837. The Labute approximate surface area is 172 Å². The quantitative estimate of drug-likeness (QED) is 0.681. The fourth-order valence-electron chi connectivity index (χ4n) is 3.88. The fraction of sp³-hybridized carbons (Fsp3) is 0.417. The van der Waals surface area contributed by atoms with Crippen LogP contribution in [0.1, 0.15) is 41.9 Å². The largest absolute Gasteiger partial charge is 0.493 e. The van der Waals surface area contributed by atoms with Crippen molar-refractivity contribution in [2.24, 2.45) is 5.92 Å². The maximum atomic E-state index is 12.6. The number of carboxylic acid groups (broad SMARTS) is 1. The van der Waals surface area contributed by atoms with E-state index >= 15 is 0 Å². The van der Waals surface area contributed by atoms with Crippen molar-refractivity contribution in [2.45, 2.75) is 39.0 Å². The second kappa shape index (κ2) is 9.59. The monoisotopic (exact) mass is 395 g/mol. The van der Waals surface area contributed by atoms with Gasteiger partial charge in [-0.15, -0.1) is 0 Å². The molecule has 2 atom stereocenters. The van der Waals surface area contributed by atoms with Crippen molar-refractivity contribution in [1.29, 1.82) is 0 Å². The standard InChI is InChI=1S/C24H29NO4/c1-17-11-12-18(2)22(14-17)29-13-7-6-10-23(26)25-15-20(21(16-25)24(27)28)19-8-4-3-5-9-19/h3-5,8-9,11-12,14,20-21H,6-7,10,13,15-16H2,1-2H3,(H,27,28)/t20-,21-/m0/s1. The molecule has 0 unspecified atom stereocenters. The summed E-state index contributed by atoms with van der Waals surface area (Å²) < 4.78 is 5.85. The van der Waals surface area contributed by atoms with Crippen LogP contribution >= 0.6 is 0 Å². The third-order valence-electron chi connectivity index (χ3n) is 5.60. The SMILES string of the molecule is Cc1ccc(C)c(OCCCCC(=O)N2C[C@H](C(=O)O)[C@H](c3ccccc3)C2)c1. The molecule has 0 aromatic heterocycles. The van der Waals surface area contributed by atoms with Crippen LogP contribution in [0.25, 0.3) is 0 Å². The van der Waals surface area contributed by atoms with Gasteiger partial charge in [-0.3, -0.25) is 9.59 Å². The summed E-state index contributed by atoms with van der Waals surface area (Å²) >= 11 is 0. The van der Waals surface area contributed by atoms with Crippen LogP contribution < -0.4 is 4.74 Å². The van der Waals surface area contributed by atoms with Gasteiger partial charge in [0.25, 0.3) is 0 Å². The zero-order valence-electron chi connectivity index (χ0n) is 17.1. The number of carboxylic acids is 1. The van der Waals surface area contributed by atoms with Gasteiger partial charge in [0.05, 0.1) is 12.5 Å². The van der Waals surface area contributed by atoms with E-state index in [4.69, 9.17) is 4.74 Å². The number of aryl methyl sites for hydroxylation is 2. The normalized spacial score (nSPS) is 18.6. The van der Waals surface area contributed by atoms with Crippen LogP contribution in [0, 0.1) is 19.8 Å². The van der Waals surface area contributed by atoms with E-state index in [1.54, 1.807) is 4.90 Å². The molecule has 0 aliphatic carbocycles. The Kier molecular flexibility index (Phi) is 6.91. The first-order valence-corrected chi connectivity index (χ1v) is 10.2. The number of aliphatic carboxylic acids is 1. The lowest BCUT2D eigenvalue weighted by atomic mass is 9.89. The maximum Gasteiger partial charge on any atom is 0.308 e. The van der Waals surface area contributed by atoms with E-state index in [-0.39, 0.29) is 18.4 Å². The lowest BCUT2D eigenvalue weighted by Crippen LogP contribution is -2.29. The minimum absolute atomic E-state index is 0.0291. The highest BCUT2D eigenvalue weighted by Crippen LogP contribution is 2.33. The average Bonchev–Trinajstić information content (AvgIpc) is 3.17. The summed E-state index contributed by atoms with van der Waals surface area (Å²) in [6, 6.07) is 15.8. The molecule has 2 aromatic rings. The van der Waals surface area contributed by atoms with Crippen molar-refractivity contribution < 1.29 is 19.4 Å². The molecule has 29 heavy (non-hydrogen) atoms. The average molecular weight is 395 g/mol. The molecule has 1 heterocycles. The van der Waals surface area contributed by atoms with E-state index in [1.165, 1.54) is 0 Å². The van der Waals surface area contributed by atoms with Gasteiger partial charge in [-0.1, -0.05) is 42.5 Å². The Morgan fingerprint density at radius 1 is 1.07 bits per heavy atom.